The fraction of sp³-hybridized carbons (Fsp3) is 0.0667. The van der Waals surface area contributed by atoms with Crippen LogP contribution in [0.4, 0.5) is 10.5 Å². The second-order valence-electron chi connectivity index (χ2n) is 4.53. The quantitative estimate of drug-likeness (QED) is 0.764. The lowest BCUT2D eigenvalue weighted by Crippen LogP contribution is -2.19. The normalized spacial score (nSPS) is 10.6. The molecule has 0 fully saturated rings. The van der Waals surface area contributed by atoms with Gasteiger partial charge in [0.15, 0.2) is 0 Å². The molecular formula is C15H14N4O. The molecule has 0 atom stereocenters. The van der Waals surface area contributed by atoms with Gasteiger partial charge in [0.05, 0.1) is 11.2 Å². The van der Waals surface area contributed by atoms with Crippen LogP contribution in [0.2, 0.25) is 0 Å². The molecule has 3 aromatic rings. The lowest BCUT2D eigenvalue weighted by atomic mass is 10.2. The number of rotatable bonds is 3. The summed E-state index contributed by atoms with van der Waals surface area (Å²) >= 11 is 0. The number of amides is 2. The van der Waals surface area contributed by atoms with Gasteiger partial charge in [-0.2, -0.15) is 0 Å². The number of carbonyl (C=O) groups excluding carboxylic acids is 1. The molecule has 0 aliphatic heterocycles. The molecule has 0 spiro atoms. The summed E-state index contributed by atoms with van der Waals surface area (Å²) in [4.78, 5) is 15.0. The van der Waals surface area contributed by atoms with Gasteiger partial charge in [0.2, 0.25) is 0 Å². The third kappa shape index (κ3) is 2.33. The summed E-state index contributed by atoms with van der Waals surface area (Å²) in [5, 5.41) is 3.61. The molecule has 5 heteroatoms. The average molecular weight is 266 g/mol. The van der Waals surface area contributed by atoms with Crippen molar-refractivity contribution in [1.29, 1.82) is 0 Å². The van der Waals surface area contributed by atoms with E-state index in [0.717, 1.165) is 23.1 Å². The highest BCUT2D eigenvalue weighted by Gasteiger charge is 2.07. The van der Waals surface area contributed by atoms with Gasteiger partial charge in [-0.1, -0.05) is 6.07 Å². The molecule has 1 aromatic carbocycles. The fourth-order valence-electron chi connectivity index (χ4n) is 2.29. The van der Waals surface area contributed by atoms with Crippen LogP contribution in [0.5, 0.6) is 0 Å². The number of nitrogens with zero attached hydrogens (tertiary/aromatic N) is 2. The van der Waals surface area contributed by atoms with Gasteiger partial charge >= 0.3 is 6.03 Å². The topological polar surface area (TPSA) is 72.9 Å². The minimum absolute atomic E-state index is 0.556. The smallest absolute Gasteiger partial charge is 0.316 e. The van der Waals surface area contributed by atoms with Crippen molar-refractivity contribution in [3.8, 4) is 0 Å². The number of aromatic nitrogens is 2. The Balaban J connectivity index is 1.99. The zero-order valence-electron chi connectivity index (χ0n) is 10.8. The molecule has 100 valence electrons. The Kier molecular flexibility index (Phi) is 3.09. The van der Waals surface area contributed by atoms with Gasteiger partial charge < -0.3 is 15.6 Å². The first-order valence-electron chi connectivity index (χ1n) is 6.27. The third-order valence-corrected chi connectivity index (χ3v) is 3.17. The largest absolute Gasteiger partial charge is 0.351 e. The summed E-state index contributed by atoms with van der Waals surface area (Å²) in [7, 11) is 0. The Morgan fingerprint density at radius 2 is 2.00 bits per heavy atom. The zero-order valence-corrected chi connectivity index (χ0v) is 10.8. The molecule has 2 aromatic heterocycles. The number of hydrogen-bond donors (Lipinski definition) is 2. The number of hydrogen-bond acceptors (Lipinski definition) is 2. The van der Waals surface area contributed by atoms with E-state index in [9.17, 15) is 4.79 Å². The Morgan fingerprint density at radius 1 is 1.20 bits per heavy atom. The maximum absolute atomic E-state index is 11.0. The first kappa shape index (κ1) is 12.2. The van der Waals surface area contributed by atoms with E-state index in [4.69, 9.17) is 5.73 Å². The van der Waals surface area contributed by atoms with Gasteiger partial charge in [-0.05, 0) is 35.9 Å². The molecule has 0 bridgehead atoms. The van der Waals surface area contributed by atoms with Gasteiger partial charge in [0, 0.05) is 30.5 Å². The Bertz CT molecular complexity index is 749. The predicted molar refractivity (Wildman–Crippen MR) is 78.5 cm³/mol. The molecule has 3 N–H and O–H groups in total. The van der Waals surface area contributed by atoms with E-state index in [-0.39, 0.29) is 0 Å². The summed E-state index contributed by atoms with van der Waals surface area (Å²) in [6.07, 6.45) is 5.56. The first-order chi connectivity index (χ1) is 9.74. The van der Waals surface area contributed by atoms with Crippen LogP contribution in [0, 0.1) is 0 Å². The van der Waals surface area contributed by atoms with Crippen molar-refractivity contribution in [1.82, 2.24) is 9.55 Å². The highest BCUT2D eigenvalue weighted by atomic mass is 16.2. The van der Waals surface area contributed by atoms with E-state index in [0.29, 0.717) is 0 Å². The number of pyridine rings is 1. The van der Waals surface area contributed by atoms with Gasteiger partial charge in [-0.15, -0.1) is 0 Å². The summed E-state index contributed by atoms with van der Waals surface area (Å²) in [6, 6.07) is 11.1. The molecule has 0 saturated carbocycles. The van der Waals surface area contributed by atoms with Crippen LogP contribution in [-0.2, 0) is 6.54 Å². The number of primary amides is 1. The minimum atomic E-state index is -0.556. The highest BCUT2D eigenvalue weighted by Crippen LogP contribution is 2.25. The maximum Gasteiger partial charge on any atom is 0.316 e. The summed E-state index contributed by atoms with van der Waals surface area (Å²) in [5.74, 6) is 0. The number of nitrogens with one attached hydrogen (secondary N) is 1. The number of fused-ring (bicyclic) bond motifs is 1. The number of urea groups is 1. The van der Waals surface area contributed by atoms with Crippen LogP contribution in [0.25, 0.3) is 10.9 Å². The van der Waals surface area contributed by atoms with E-state index >= 15 is 0 Å². The highest BCUT2D eigenvalue weighted by molar-refractivity contribution is 6.00. The monoisotopic (exact) mass is 266 g/mol. The molecular weight excluding hydrogens is 252 g/mol. The van der Waals surface area contributed by atoms with Crippen molar-refractivity contribution in [3.05, 3.63) is 60.6 Å². The second kappa shape index (κ2) is 5.05. The molecule has 0 unspecified atom stereocenters. The van der Waals surface area contributed by atoms with Crippen molar-refractivity contribution in [2.24, 2.45) is 5.73 Å². The second-order valence-corrected chi connectivity index (χ2v) is 4.53. The van der Waals surface area contributed by atoms with Gasteiger partial charge in [-0.3, -0.25) is 4.98 Å². The predicted octanol–water partition coefficient (Wildman–Crippen LogP) is 2.58. The Morgan fingerprint density at radius 3 is 2.75 bits per heavy atom. The lowest BCUT2D eigenvalue weighted by molar-refractivity contribution is 0.259. The van der Waals surface area contributed by atoms with E-state index in [2.05, 4.69) is 14.9 Å². The van der Waals surface area contributed by atoms with Gasteiger partial charge in [0.1, 0.15) is 0 Å². The molecule has 0 radical (unpaired) electrons. The molecule has 0 saturated heterocycles. The van der Waals surface area contributed by atoms with E-state index < -0.39 is 6.03 Å². The standard InChI is InChI=1S/C15H14N4O/c16-15(20)18-13-2-1-3-14-12(13)6-9-19(14)10-11-4-7-17-8-5-11/h1-9H,10H2,(H3,16,18,20). The van der Waals surface area contributed by atoms with Crippen LogP contribution < -0.4 is 11.1 Å². The lowest BCUT2D eigenvalue weighted by Gasteiger charge is -2.07. The van der Waals surface area contributed by atoms with Gasteiger partial charge in [0.25, 0.3) is 0 Å². The van der Waals surface area contributed by atoms with Crippen molar-refractivity contribution in [2.45, 2.75) is 6.54 Å². The molecule has 20 heavy (non-hydrogen) atoms. The van der Waals surface area contributed by atoms with Crippen LogP contribution in [0.3, 0.4) is 0 Å². The molecule has 5 nitrogen and oxygen atoms in total. The SMILES string of the molecule is NC(=O)Nc1cccc2c1ccn2Cc1ccncc1. The molecule has 2 amide bonds. The molecule has 0 aliphatic carbocycles. The van der Waals surface area contributed by atoms with Crippen molar-refractivity contribution < 1.29 is 4.79 Å². The average Bonchev–Trinajstić information content (AvgIpc) is 2.84. The van der Waals surface area contributed by atoms with E-state index in [1.165, 1.54) is 5.56 Å². The van der Waals surface area contributed by atoms with E-state index in [1.807, 2.05) is 42.6 Å². The van der Waals surface area contributed by atoms with Crippen molar-refractivity contribution >= 4 is 22.6 Å². The maximum atomic E-state index is 11.0. The van der Waals surface area contributed by atoms with Gasteiger partial charge in [-0.25, -0.2) is 4.79 Å². The van der Waals surface area contributed by atoms with Crippen molar-refractivity contribution in [2.75, 3.05) is 5.32 Å². The first-order valence-corrected chi connectivity index (χ1v) is 6.27. The van der Waals surface area contributed by atoms with Crippen LogP contribution in [0.1, 0.15) is 5.56 Å². The summed E-state index contributed by atoms with van der Waals surface area (Å²) in [6.45, 7) is 0.756. The van der Waals surface area contributed by atoms with Crippen LogP contribution in [-0.4, -0.2) is 15.6 Å². The minimum Gasteiger partial charge on any atom is -0.351 e. The fourth-order valence-corrected chi connectivity index (χ4v) is 2.29. The summed E-state index contributed by atoms with van der Waals surface area (Å²) in [5.41, 5.74) is 8.13. The molecule has 0 aliphatic rings. The summed E-state index contributed by atoms with van der Waals surface area (Å²) < 4.78 is 2.12. The number of anilines is 1. The zero-order chi connectivity index (χ0) is 13.9. The Hall–Kier alpha value is -2.82. The van der Waals surface area contributed by atoms with Crippen LogP contribution in [0.15, 0.2) is 55.0 Å². The Labute approximate surface area is 116 Å². The van der Waals surface area contributed by atoms with E-state index in [1.54, 1.807) is 12.4 Å². The van der Waals surface area contributed by atoms with Crippen molar-refractivity contribution in [3.63, 3.8) is 0 Å². The number of benzene rings is 1. The third-order valence-electron chi connectivity index (χ3n) is 3.17. The number of carbonyl (C=O) groups is 1. The van der Waals surface area contributed by atoms with Crippen LogP contribution >= 0.6 is 0 Å². The molecule has 3 rings (SSSR count). The number of nitrogens with two attached hydrogens (primary N) is 1. The molecule has 2 heterocycles.